The second-order valence-corrected chi connectivity index (χ2v) is 11.0. The van der Waals surface area contributed by atoms with Crippen LogP contribution in [0.3, 0.4) is 0 Å². The number of piperidine rings is 1. The Morgan fingerprint density at radius 2 is 1.85 bits per heavy atom. The van der Waals surface area contributed by atoms with E-state index in [0.29, 0.717) is 18.8 Å². The minimum absolute atomic E-state index is 0.0133. The van der Waals surface area contributed by atoms with E-state index in [1.165, 1.54) is 28.6 Å². The number of benzene rings is 3. The van der Waals surface area contributed by atoms with Crippen LogP contribution in [0, 0.1) is 5.82 Å². The maximum atomic E-state index is 13.7. The third-order valence-electron chi connectivity index (χ3n) is 8.73. The first kappa shape index (κ1) is 26.3. The van der Waals surface area contributed by atoms with E-state index in [9.17, 15) is 14.3 Å². The topological polar surface area (TPSA) is 70.0 Å². The Morgan fingerprint density at radius 1 is 1.07 bits per heavy atom. The van der Waals surface area contributed by atoms with Gasteiger partial charge in [-0.2, -0.15) is 0 Å². The van der Waals surface area contributed by atoms with Gasteiger partial charge in [0.15, 0.2) is 0 Å². The third-order valence-corrected chi connectivity index (χ3v) is 8.73. The zero-order chi connectivity index (χ0) is 27.9. The lowest BCUT2D eigenvalue weighted by atomic mass is 9.68. The van der Waals surface area contributed by atoms with Crippen LogP contribution in [0.2, 0.25) is 0 Å². The molecule has 2 aliphatic heterocycles. The van der Waals surface area contributed by atoms with Gasteiger partial charge in [-0.1, -0.05) is 36.4 Å². The number of amides is 2. The summed E-state index contributed by atoms with van der Waals surface area (Å²) in [5.41, 5.74) is 4.95. The van der Waals surface area contributed by atoms with Crippen molar-refractivity contribution < 1.29 is 19.0 Å². The van der Waals surface area contributed by atoms with Gasteiger partial charge in [0.25, 0.3) is 0 Å². The summed E-state index contributed by atoms with van der Waals surface area (Å²) in [6.07, 6.45) is 1.57. The fourth-order valence-corrected chi connectivity index (χ4v) is 6.76. The molecular weight excluding hydrogens is 507 g/mol. The smallest absolute Gasteiger partial charge is 0.321 e. The monoisotopic (exact) mass is 542 g/mol. The number of methoxy groups -OCH3 is 1. The highest BCUT2D eigenvalue weighted by atomic mass is 19.1. The van der Waals surface area contributed by atoms with Crippen molar-refractivity contribution in [2.24, 2.45) is 7.05 Å². The van der Waals surface area contributed by atoms with E-state index >= 15 is 0 Å². The minimum atomic E-state index is -0.380. The molecule has 0 aliphatic carbocycles. The highest BCUT2D eigenvalue weighted by Crippen LogP contribution is 2.50. The predicted molar refractivity (Wildman–Crippen MR) is 154 cm³/mol. The van der Waals surface area contributed by atoms with E-state index in [4.69, 9.17) is 4.74 Å². The van der Waals surface area contributed by atoms with Gasteiger partial charge in [0.05, 0.1) is 25.3 Å². The molecular formula is C32H35FN4O3. The quantitative estimate of drug-likeness (QED) is 0.352. The molecule has 3 aromatic carbocycles. The summed E-state index contributed by atoms with van der Waals surface area (Å²) in [5.74, 6) is 0.416. The third kappa shape index (κ3) is 4.61. The number of nitrogens with one attached hydrogen (secondary N) is 1. The Kier molecular flexibility index (Phi) is 6.98. The lowest BCUT2D eigenvalue weighted by Gasteiger charge is -2.50. The fraction of sp³-hybridized carbons (Fsp3) is 0.344. The largest absolute Gasteiger partial charge is 0.497 e. The zero-order valence-electron chi connectivity index (χ0n) is 22.9. The molecule has 1 spiro atoms. The van der Waals surface area contributed by atoms with Crippen molar-refractivity contribution in [3.63, 3.8) is 0 Å². The van der Waals surface area contributed by atoms with Crippen molar-refractivity contribution in [3.05, 3.63) is 95.4 Å². The fourth-order valence-electron chi connectivity index (χ4n) is 6.76. The molecule has 208 valence electrons. The van der Waals surface area contributed by atoms with Crippen LogP contribution in [0.4, 0.5) is 14.9 Å². The number of aromatic nitrogens is 1. The molecule has 2 amide bonds. The van der Waals surface area contributed by atoms with Crippen LogP contribution in [0.15, 0.2) is 72.8 Å². The van der Waals surface area contributed by atoms with Crippen LogP contribution < -0.4 is 10.1 Å². The van der Waals surface area contributed by atoms with Gasteiger partial charge in [-0.25, -0.2) is 9.18 Å². The summed E-state index contributed by atoms with van der Waals surface area (Å²) in [5, 5.41) is 14.8. The van der Waals surface area contributed by atoms with E-state index in [2.05, 4.69) is 46.1 Å². The number of likely N-dealkylation sites (tertiary alicyclic amines) is 1. The number of carbonyl (C=O) groups is 1. The molecule has 2 aliphatic rings. The van der Waals surface area contributed by atoms with Gasteiger partial charge in [-0.05, 0) is 54.3 Å². The molecule has 0 radical (unpaired) electrons. The first-order valence-electron chi connectivity index (χ1n) is 13.8. The average molecular weight is 543 g/mol. The number of aliphatic hydroxyl groups is 1. The summed E-state index contributed by atoms with van der Waals surface area (Å²) in [7, 11) is 3.75. The molecule has 1 atom stereocenters. The van der Waals surface area contributed by atoms with Crippen molar-refractivity contribution in [2.75, 3.05) is 38.7 Å². The molecule has 8 heteroatoms. The van der Waals surface area contributed by atoms with Crippen LogP contribution in [0.25, 0.3) is 10.9 Å². The Balaban J connectivity index is 1.36. The number of nitrogens with zero attached hydrogens (tertiary/aromatic N) is 3. The molecule has 1 fully saturated rings. The van der Waals surface area contributed by atoms with Crippen LogP contribution in [0.1, 0.15) is 35.7 Å². The van der Waals surface area contributed by atoms with Crippen LogP contribution >= 0.6 is 0 Å². The van der Waals surface area contributed by atoms with Crippen LogP contribution in [0.5, 0.6) is 5.75 Å². The lowest BCUT2D eigenvalue weighted by Crippen LogP contribution is -2.55. The molecule has 6 rings (SSSR count). The Bertz CT molecular complexity index is 1530. The van der Waals surface area contributed by atoms with Crippen molar-refractivity contribution in [1.82, 2.24) is 14.4 Å². The summed E-state index contributed by atoms with van der Waals surface area (Å²) in [4.78, 5) is 17.3. The number of anilines is 1. The van der Waals surface area contributed by atoms with Gasteiger partial charge in [0.2, 0.25) is 0 Å². The molecule has 40 heavy (non-hydrogen) atoms. The van der Waals surface area contributed by atoms with Crippen LogP contribution in [-0.2, 0) is 19.0 Å². The lowest BCUT2D eigenvalue weighted by molar-refractivity contribution is 0.0476. The van der Waals surface area contributed by atoms with Crippen molar-refractivity contribution in [3.8, 4) is 5.75 Å². The maximum Gasteiger partial charge on any atom is 0.321 e. The van der Waals surface area contributed by atoms with Crippen molar-refractivity contribution in [1.29, 1.82) is 0 Å². The number of hydrogen-bond acceptors (Lipinski definition) is 4. The summed E-state index contributed by atoms with van der Waals surface area (Å²) in [6.45, 7) is 2.68. The number of aryl methyl sites for hydroxylation is 1. The van der Waals surface area contributed by atoms with Gasteiger partial charge < -0.3 is 24.6 Å². The van der Waals surface area contributed by atoms with E-state index in [1.807, 2.05) is 29.2 Å². The normalized spacial score (nSPS) is 18.6. The van der Waals surface area contributed by atoms with Gasteiger partial charge in [0.1, 0.15) is 11.6 Å². The molecule has 0 unspecified atom stereocenters. The van der Waals surface area contributed by atoms with Gasteiger partial charge >= 0.3 is 6.03 Å². The molecule has 7 nitrogen and oxygen atoms in total. The predicted octanol–water partition coefficient (Wildman–Crippen LogP) is 5.44. The second kappa shape index (κ2) is 10.6. The highest BCUT2D eigenvalue weighted by Gasteiger charge is 2.48. The average Bonchev–Trinajstić information content (AvgIpc) is 3.26. The number of rotatable bonds is 5. The zero-order valence-corrected chi connectivity index (χ0v) is 22.9. The van der Waals surface area contributed by atoms with E-state index in [-0.39, 0.29) is 29.9 Å². The summed E-state index contributed by atoms with van der Waals surface area (Å²) in [6, 6.07) is 22.2. The highest BCUT2D eigenvalue weighted by molar-refractivity contribution is 5.90. The molecule has 4 aromatic rings. The molecule has 1 saturated heterocycles. The molecule has 0 bridgehead atoms. The number of halogens is 1. The van der Waals surface area contributed by atoms with E-state index in [0.717, 1.165) is 42.9 Å². The Labute approximate surface area is 233 Å². The number of fused-ring (bicyclic) bond motifs is 4. The Morgan fingerprint density at radius 3 is 2.55 bits per heavy atom. The van der Waals surface area contributed by atoms with Crippen molar-refractivity contribution in [2.45, 2.75) is 30.8 Å². The Hall–Kier alpha value is -3.88. The van der Waals surface area contributed by atoms with Gasteiger partial charge in [-0.3, -0.25) is 4.90 Å². The second-order valence-electron chi connectivity index (χ2n) is 11.0. The number of urea groups is 1. The summed E-state index contributed by atoms with van der Waals surface area (Å²) >= 11 is 0. The SMILES string of the molecule is COc1ccc2c3c(n(C)c2c1)[C@@H](CO)N(Cc1ccccc1)CC31CCN(C(=O)Nc2cccc(F)c2)CC1. The van der Waals surface area contributed by atoms with Gasteiger partial charge in [0, 0.05) is 61.5 Å². The van der Waals surface area contributed by atoms with E-state index < -0.39 is 0 Å². The molecule has 1 aromatic heterocycles. The molecule has 0 saturated carbocycles. The standard InChI is InChI=1S/C32H35FN4O3/c1-35-27-18-25(40-2)11-12-26(27)29-30(35)28(20-38)37(19-22-7-4-3-5-8-22)21-32(29)13-15-36(16-14-32)31(39)34-24-10-6-9-23(33)17-24/h3-12,17-18,28,38H,13-16,19-21H2,1-2H3,(H,34,39)/t28-/m1/s1. The molecule has 3 heterocycles. The summed E-state index contributed by atoms with van der Waals surface area (Å²) < 4.78 is 21.4. The number of carbonyl (C=O) groups excluding carboxylic acids is 1. The first-order chi connectivity index (χ1) is 19.4. The number of aliphatic hydroxyl groups excluding tert-OH is 1. The van der Waals surface area contributed by atoms with Crippen molar-refractivity contribution >= 4 is 22.6 Å². The number of ether oxygens (including phenoxy) is 1. The number of hydrogen-bond donors (Lipinski definition) is 2. The first-order valence-corrected chi connectivity index (χ1v) is 13.8. The van der Waals surface area contributed by atoms with E-state index in [1.54, 1.807) is 19.2 Å². The van der Waals surface area contributed by atoms with Crippen LogP contribution in [-0.4, -0.2) is 58.9 Å². The maximum absolute atomic E-state index is 13.7. The minimum Gasteiger partial charge on any atom is -0.497 e. The van der Waals surface area contributed by atoms with Gasteiger partial charge in [-0.15, -0.1) is 0 Å². The molecule has 2 N–H and O–H groups in total.